The van der Waals surface area contributed by atoms with Gasteiger partial charge in [0.25, 0.3) is 6.71 Å². The first-order chi connectivity index (χ1) is 41.6. The van der Waals surface area contributed by atoms with Crippen LogP contribution in [0.5, 0.6) is 0 Å². The average molecular weight is 1030 g/mol. The van der Waals surface area contributed by atoms with Gasteiger partial charge in [-0.05, 0) is 171 Å². The summed E-state index contributed by atoms with van der Waals surface area (Å²) in [6, 6.07) is 44.3. The van der Waals surface area contributed by atoms with Gasteiger partial charge in [-0.25, -0.2) is 0 Å². The van der Waals surface area contributed by atoms with Gasteiger partial charge in [0.15, 0.2) is 5.88 Å². The molecule has 5 heteroatoms. The predicted molar refractivity (Wildman–Crippen MR) is 334 cm³/mol. The van der Waals surface area contributed by atoms with Crippen LogP contribution >= 0.6 is 11.3 Å². The molecular weight excluding hydrogens is 940 g/mol. The minimum Gasteiger partial charge on any atom is -0.440 e. The Kier molecular flexibility index (Phi) is 8.76. The third-order valence-electron chi connectivity index (χ3n) is 15.7. The fourth-order valence-electron chi connectivity index (χ4n) is 11.3. The predicted octanol–water partition coefficient (Wildman–Crippen LogP) is 19.6. The van der Waals surface area contributed by atoms with E-state index in [1.165, 1.54) is 0 Å². The Balaban J connectivity index is 1.38. The Morgan fingerprint density at radius 1 is 0.526 bits per heavy atom. The van der Waals surface area contributed by atoms with Crippen LogP contribution in [0.4, 0.5) is 33.6 Å². The van der Waals surface area contributed by atoms with Crippen LogP contribution in [0.25, 0.3) is 43.3 Å². The molecule has 76 heavy (non-hydrogen) atoms. The first-order valence-corrected chi connectivity index (χ1v) is 27.3. The average Bonchev–Trinajstić information content (AvgIpc) is 1.64. The Labute approximate surface area is 480 Å². The molecule has 0 N–H and O–H groups in total. The molecule has 2 aliphatic rings. The van der Waals surface area contributed by atoms with Crippen LogP contribution in [0.1, 0.15) is 202 Å². The van der Waals surface area contributed by atoms with E-state index < -0.39 is 79.5 Å². The zero-order chi connectivity index (χ0) is 67.1. The third kappa shape index (κ3) is 8.74. The van der Waals surface area contributed by atoms with E-state index in [-0.39, 0.29) is 27.9 Å². The van der Waals surface area contributed by atoms with E-state index in [0.717, 1.165) is 113 Å². The molecule has 11 rings (SSSR count). The summed E-state index contributed by atoms with van der Waals surface area (Å²) in [5, 5.41) is 3.91. The lowest BCUT2D eigenvalue weighted by atomic mass is 9.34. The van der Waals surface area contributed by atoms with Gasteiger partial charge in [0, 0.05) is 53.5 Å². The summed E-state index contributed by atoms with van der Waals surface area (Å²) in [4.78, 5) is 4.42. The topological polar surface area (TPSA) is 19.6 Å². The Hall–Kier alpha value is -6.30. The maximum atomic E-state index is 10.1. The molecule has 0 saturated carbocycles. The summed E-state index contributed by atoms with van der Waals surface area (Å²) < 4.78 is 145. The molecule has 0 saturated heterocycles. The van der Waals surface area contributed by atoms with Crippen molar-refractivity contribution in [3.05, 3.63) is 172 Å². The number of hydrogen-bond acceptors (Lipinski definition) is 4. The second-order valence-electron chi connectivity index (χ2n) is 25.3. The maximum absolute atomic E-state index is 10.1. The van der Waals surface area contributed by atoms with Crippen molar-refractivity contribution < 1.29 is 25.0 Å². The number of nitrogens with zero attached hydrogens (tertiary/aromatic N) is 2. The van der Waals surface area contributed by atoms with E-state index in [1.807, 2.05) is 12.1 Å². The summed E-state index contributed by atoms with van der Waals surface area (Å²) >= 11 is 1.64. The van der Waals surface area contributed by atoms with E-state index in [1.54, 1.807) is 17.4 Å². The first kappa shape index (κ1) is 36.7. The monoisotopic (exact) mass is 1030 g/mol. The van der Waals surface area contributed by atoms with Crippen molar-refractivity contribution in [1.29, 1.82) is 0 Å². The van der Waals surface area contributed by atoms with Crippen molar-refractivity contribution in [2.75, 3.05) is 9.80 Å². The highest BCUT2D eigenvalue weighted by Gasteiger charge is 2.48. The smallest absolute Gasteiger partial charge is 0.258 e. The molecule has 2 unspecified atom stereocenters. The highest BCUT2D eigenvalue weighted by atomic mass is 32.1. The summed E-state index contributed by atoms with van der Waals surface area (Å²) in [5.74, 6) is -9.16. The summed E-state index contributed by atoms with van der Waals surface area (Å²) in [7, 11) is 0. The standard InChI is InChI=1S/C71H79BN2OS/c1-41(2)47-34-53(42(3)4)63(54(35-47)43(5)6)61-40-57-66(75-61)74(58-31-27-49(69(10,11)12)36-55(58)46-24-23-44-21-19-20-22-45(44)33-46)60-39-51(71(16,17)18)38-59-65(60)72(57)64-56-37-50(70(13,14)15)28-32-62(56)76-67(64)73(59)52-29-25-48(26-30-52)68(7,8)9/h19-43H,1-18H3/i1D3,3D3,4D3,5D3,41D,42D,43D. The van der Waals surface area contributed by atoms with E-state index in [4.69, 9.17) is 20.9 Å². The van der Waals surface area contributed by atoms with Gasteiger partial charge < -0.3 is 9.32 Å². The van der Waals surface area contributed by atoms with Crippen LogP contribution in [0.15, 0.2) is 138 Å². The highest BCUT2D eigenvalue weighted by Crippen LogP contribution is 2.53. The van der Waals surface area contributed by atoms with Crippen molar-refractivity contribution in [2.45, 2.75) is 164 Å². The van der Waals surface area contributed by atoms with Crippen molar-refractivity contribution in [3.63, 3.8) is 0 Å². The van der Waals surface area contributed by atoms with E-state index in [2.05, 4.69) is 196 Å². The van der Waals surface area contributed by atoms with Crippen LogP contribution in [0.3, 0.4) is 0 Å². The maximum Gasteiger partial charge on any atom is 0.258 e. The summed E-state index contributed by atoms with van der Waals surface area (Å²) in [5.41, 5.74) is 7.74. The first-order valence-electron chi connectivity index (χ1n) is 34.0. The number of anilines is 6. The number of benzene rings is 7. The van der Waals surface area contributed by atoms with Gasteiger partial charge in [-0.2, -0.15) is 0 Å². The van der Waals surface area contributed by atoms with E-state index in [9.17, 15) is 4.11 Å². The molecule has 0 aliphatic carbocycles. The highest BCUT2D eigenvalue weighted by molar-refractivity contribution is 7.26. The fraction of sp³-hybridized carbons (Fsp3) is 0.352. The number of rotatable bonds is 7. The largest absolute Gasteiger partial charge is 0.440 e. The van der Waals surface area contributed by atoms with Crippen LogP contribution < -0.4 is 26.2 Å². The van der Waals surface area contributed by atoms with Gasteiger partial charge in [0.1, 0.15) is 5.76 Å². The quantitative estimate of drug-likeness (QED) is 0.148. The van der Waals surface area contributed by atoms with Gasteiger partial charge in [-0.1, -0.05) is 203 Å². The van der Waals surface area contributed by atoms with Crippen LogP contribution in [0.2, 0.25) is 0 Å². The molecule has 2 aliphatic heterocycles. The summed E-state index contributed by atoms with van der Waals surface area (Å²) in [6.07, 6.45) is 0. The Bertz CT molecular complexity index is 4370. The number of furan rings is 1. The van der Waals surface area contributed by atoms with E-state index in [0.29, 0.717) is 11.2 Å². The van der Waals surface area contributed by atoms with Gasteiger partial charge in [-0.3, -0.25) is 4.90 Å². The fourth-order valence-corrected chi connectivity index (χ4v) is 12.6. The van der Waals surface area contributed by atoms with Crippen LogP contribution in [-0.2, 0) is 21.7 Å². The minimum atomic E-state index is -3.73. The molecule has 4 heterocycles. The van der Waals surface area contributed by atoms with Gasteiger partial charge in [0.2, 0.25) is 0 Å². The molecule has 0 bridgehead atoms. The molecule has 0 amide bonds. The molecule has 7 aromatic carbocycles. The molecule has 3 nitrogen and oxygen atoms in total. The van der Waals surface area contributed by atoms with Crippen molar-refractivity contribution >= 4 is 88.9 Å². The second kappa shape index (κ2) is 18.2. The number of hydrogen-bond donors (Lipinski definition) is 0. The van der Waals surface area contributed by atoms with E-state index >= 15 is 0 Å². The lowest BCUT2D eigenvalue weighted by molar-refractivity contribution is 0.583. The SMILES string of the molecule is [2H]C([2H])([2H])C([2H])(C)c1cc(C([2H])(C)C([2H])([2H])[2H])c(-c2cc3c(o2)N(c2ccc(C(C)(C)C)cc2-c2ccc4ccccc4c2)c2cc(C(C)(C)C)cc4c2B3c2c(sc3ccc(C(C)(C)C)cc23)N4c2ccc(C(C)(C)C)cc2)c(C([2H])(C([2H])([2H])[2H])C([2H])([2H])[2H])c1. The normalized spacial score (nSPS) is 19.2. The van der Waals surface area contributed by atoms with Crippen molar-refractivity contribution in [3.8, 4) is 22.5 Å². The van der Waals surface area contributed by atoms with Gasteiger partial charge in [0.05, 0.1) is 10.7 Å². The minimum absolute atomic E-state index is 0.159. The third-order valence-corrected chi connectivity index (χ3v) is 16.9. The molecule has 0 fully saturated rings. The molecule has 388 valence electrons. The van der Waals surface area contributed by atoms with Crippen LogP contribution in [-0.4, -0.2) is 6.71 Å². The second-order valence-corrected chi connectivity index (χ2v) is 26.4. The van der Waals surface area contributed by atoms with Gasteiger partial charge in [-0.15, -0.1) is 11.3 Å². The zero-order valence-corrected chi connectivity index (χ0v) is 47.3. The zero-order valence-electron chi connectivity index (χ0n) is 61.5. The van der Waals surface area contributed by atoms with Gasteiger partial charge >= 0.3 is 0 Å². The summed E-state index contributed by atoms with van der Waals surface area (Å²) in [6.45, 7) is 13.5. The Morgan fingerprint density at radius 3 is 1.76 bits per heavy atom. The Morgan fingerprint density at radius 2 is 1.12 bits per heavy atom. The molecule has 2 atom stereocenters. The van der Waals surface area contributed by atoms with Crippen molar-refractivity contribution in [2.24, 2.45) is 0 Å². The van der Waals surface area contributed by atoms with Crippen LogP contribution in [0, 0.1) is 0 Å². The molecule has 0 spiro atoms. The molecule has 2 aromatic heterocycles. The number of thiophene rings is 1. The lowest BCUT2D eigenvalue weighted by Gasteiger charge is -2.43. The number of fused-ring (bicyclic) bond motifs is 7. The molecule has 9 aromatic rings. The lowest BCUT2D eigenvalue weighted by Crippen LogP contribution is -2.60. The molecular formula is C71H79BN2OS. The van der Waals surface area contributed by atoms with Crippen molar-refractivity contribution in [1.82, 2.24) is 0 Å². The molecule has 0 radical (unpaired) electrons.